The summed E-state index contributed by atoms with van der Waals surface area (Å²) in [5, 5.41) is 11.0. The molecule has 1 saturated carbocycles. The van der Waals surface area contributed by atoms with E-state index in [1.165, 1.54) is 0 Å². The Morgan fingerprint density at radius 3 is 2.89 bits per heavy atom. The van der Waals surface area contributed by atoms with Crippen LogP contribution in [0.2, 0.25) is 0 Å². The predicted molar refractivity (Wildman–Crippen MR) is 66.8 cm³/mol. The van der Waals surface area contributed by atoms with E-state index < -0.39 is 0 Å². The summed E-state index contributed by atoms with van der Waals surface area (Å²) >= 11 is 0. The third-order valence-corrected chi connectivity index (χ3v) is 3.50. The van der Waals surface area contributed by atoms with E-state index in [0.29, 0.717) is 0 Å². The molecule has 5 heteroatoms. The lowest BCUT2D eigenvalue weighted by Crippen LogP contribution is -2.27. The number of non-ortho nitro benzene ring substituents is 1. The summed E-state index contributed by atoms with van der Waals surface area (Å²) in [6.07, 6.45) is 3.32. The number of nitrogens with zero attached hydrogens (tertiary/aromatic N) is 2. The molecule has 18 heavy (non-hydrogen) atoms. The van der Waals surface area contributed by atoms with Crippen LogP contribution in [0.1, 0.15) is 24.0 Å². The van der Waals surface area contributed by atoms with Gasteiger partial charge in [-0.2, -0.15) is 0 Å². The zero-order valence-corrected chi connectivity index (χ0v) is 10.4. The van der Waals surface area contributed by atoms with Gasteiger partial charge in [0, 0.05) is 24.7 Å². The highest BCUT2D eigenvalue weighted by Crippen LogP contribution is 2.36. The molecular weight excluding hydrogens is 232 g/mol. The summed E-state index contributed by atoms with van der Waals surface area (Å²) in [7, 11) is 2.03. The molecule has 0 radical (unpaired) electrons. The highest BCUT2D eigenvalue weighted by Gasteiger charge is 2.28. The highest BCUT2D eigenvalue weighted by molar-refractivity contribution is 5.51. The molecular formula is C13H16N2O3. The standard InChI is InChI=1S/C13H16N2O3/c1-14-5-4-12-9(8-14)6-10(15(16)17)7-13(12)18-11-2-3-11/h6-7,11H,2-5,8H2,1H3. The fraction of sp³-hybridized carbons (Fsp3) is 0.538. The van der Waals surface area contributed by atoms with Crippen LogP contribution in [0.4, 0.5) is 5.69 Å². The average Bonchev–Trinajstić information content (AvgIpc) is 3.12. The van der Waals surface area contributed by atoms with Crippen molar-refractivity contribution in [2.45, 2.75) is 31.9 Å². The SMILES string of the molecule is CN1CCc2c(cc([N+](=O)[O-])cc2OC2CC2)C1. The maximum atomic E-state index is 11.0. The van der Waals surface area contributed by atoms with E-state index in [1.54, 1.807) is 12.1 Å². The molecule has 0 spiro atoms. The molecule has 2 aliphatic rings. The number of benzene rings is 1. The summed E-state index contributed by atoms with van der Waals surface area (Å²) < 4.78 is 5.83. The summed E-state index contributed by atoms with van der Waals surface area (Å²) in [6.45, 7) is 1.74. The number of likely N-dealkylation sites (N-methyl/N-ethyl adjacent to an activating group) is 1. The van der Waals surface area contributed by atoms with Crippen molar-refractivity contribution in [3.8, 4) is 5.75 Å². The average molecular weight is 248 g/mol. The minimum absolute atomic E-state index is 0.139. The first-order valence-corrected chi connectivity index (χ1v) is 6.29. The topological polar surface area (TPSA) is 55.6 Å². The van der Waals surface area contributed by atoms with Gasteiger partial charge in [0.15, 0.2) is 0 Å². The van der Waals surface area contributed by atoms with Crippen molar-refractivity contribution in [1.82, 2.24) is 4.90 Å². The van der Waals surface area contributed by atoms with E-state index in [0.717, 1.165) is 49.2 Å². The molecule has 1 fully saturated rings. The Bertz CT molecular complexity index is 497. The number of nitro benzene ring substituents is 1. The minimum Gasteiger partial charge on any atom is -0.490 e. The molecule has 0 bridgehead atoms. The van der Waals surface area contributed by atoms with Crippen LogP contribution in [-0.4, -0.2) is 29.5 Å². The van der Waals surface area contributed by atoms with E-state index >= 15 is 0 Å². The third kappa shape index (κ3) is 2.18. The summed E-state index contributed by atoms with van der Waals surface area (Å²) in [5.74, 6) is 0.731. The summed E-state index contributed by atoms with van der Waals surface area (Å²) in [5.41, 5.74) is 2.33. The summed E-state index contributed by atoms with van der Waals surface area (Å²) in [4.78, 5) is 12.8. The Balaban J connectivity index is 2.01. The van der Waals surface area contributed by atoms with E-state index in [2.05, 4.69) is 4.90 Å². The van der Waals surface area contributed by atoms with Crippen LogP contribution in [-0.2, 0) is 13.0 Å². The molecule has 1 aromatic carbocycles. The van der Waals surface area contributed by atoms with Gasteiger partial charge in [-0.1, -0.05) is 0 Å². The largest absolute Gasteiger partial charge is 0.490 e. The first kappa shape index (κ1) is 11.5. The highest BCUT2D eigenvalue weighted by atomic mass is 16.6. The molecule has 0 unspecified atom stereocenters. The lowest BCUT2D eigenvalue weighted by atomic mass is 9.98. The van der Waals surface area contributed by atoms with Gasteiger partial charge in [0.1, 0.15) is 5.75 Å². The van der Waals surface area contributed by atoms with Crippen molar-refractivity contribution in [1.29, 1.82) is 0 Å². The van der Waals surface area contributed by atoms with Crippen LogP contribution in [0.5, 0.6) is 5.75 Å². The maximum Gasteiger partial charge on any atom is 0.273 e. The molecule has 0 aromatic heterocycles. The van der Waals surface area contributed by atoms with Gasteiger partial charge in [-0.05, 0) is 31.9 Å². The molecule has 1 aliphatic heterocycles. The van der Waals surface area contributed by atoms with E-state index in [-0.39, 0.29) is 16.7 Å². The van der Waals surface area contributed by atoms with Gasteiger partial charge in [0.05, 0.1) is 17.1 Å². The number of ether oxygens (including phenoxy) is 1. The lowest BCUT2D eigenvalue weighted by Gasteiger charge is -2.26. The van der Waals surface area contributed by atoms with Crippen LogP contribution in [0.15, 0.2) is 12.1 Å². The van der Waals surface area contributed by atoms with Crippen molar-refractivity contribution in [2.24, 2.45) is 0 Å². The first-order chi connectivity index (χ1) is 8.63. The molecule has 0 amide bonds. The Morgan fingerprint density at radius 2 is 2.22 bits per heavy atom. The smallest absolute Gasteiger partial charge is 0.273 e. The molecule has 3 rings (SSSR count). The Hall–Kier alpha value is -1.62. The molecule has 0 atom stereocenters. The van der Waals surface area contributed by atoms with Gasteiger partial charge in [0.2, 0.25) is 0 Å². The van der Waals surface area contributed by atoms with Crippen LogP contribution < -0.4 is 4.74 Å². The second kappa shape index (κ2) is 4.24. The van der Waals surface area contributed by atoms with Crippen LogP contribution in [0, 0.1) is 10.1 Å². The second-order valence-corrected chi connectivity index (χ2v) is 5.14. The minimum atomic E-state index is -0.339. The normalized spacial score (nSPS) is 19.4. The molecule has 0 saturated heterocycles. The predicted octanol–water partition coefficient (Wildman–Crippen LogP) is 2.12. The van der Waals surface area contributed by atoms with Crippen LogP contribution in [0.3, 0.4) is 0 Å². The monoisotopic (exact) mass is 248 g/mol. The van der Waals surface area contributed by atoms with E-state index in [4.69, 9.17) is 4.74 Å². The number of hydrogen-bond acceptors (Lipinski definition) is 4. The zero-order valence-electron chi connectivity index (χ0n) is 10.4. The number of hydrogen-bond donors (Lipinski definition) is 0. The van der Waals surface area contributed by atoms with Crippen LogP contribution in [0.25, 0.3) is 0 Å². The van der Waals surface area contributed by atoms with Gasteiger partial charge in [-0.3, -0.25) is 10.1 Å². The summed E-state index contributed by atoms with van der Waals surface area (Å²) in [6, 6.07) is 3.27. The van der Waals surface area contributed by atoms with Crippen molar-refractivity contribution in [2.75, 3.05) is 13.6 Å². The molecule has 96 valence electrons. The molecule has 1 heterocycles. The third-order valence-electron chi connectivity index (χ3n) is 3.50. The van der Waals surface area contributed by atoms with E-state index in [9.17, 15) is 10.1 Å². The molecule has 1 aromatic rings. The van der Waals surface area contributed by atoms with Gasteiger partial charge in [0.25, 0.3) is 5.69 Å². The van der Waals surface area contributed by atoms with Gasteiger partial charge in [-0.25, -0.2) is 0 Å². The number of rotatable bonds is 3. The Kier molecular flexibility index (Phi) is 2.70. The second-order valence-electron chi connectivity index (χ2n) is 5.14. The van der Waals surface area contributed by atoms with Gasteiger partial charge >= 0.3 is 0 Å². The van der Waals surface area contributed by atoms with Gasteiger partial charge in [-0.15, -0.1) is 0 Å². The first-order valence-electron chi connectivity index (χ1n) is 6.29. The molecule has 0 N–H and O–H groups in total. The van der Waals surface area contributed by atoms with Crippen molar-refractivity contribution >= 4 is 5.69 Å². The van der Waals surface area contributed by atoms with Crippen molar-refractivity contribution in [3.63, 3.8) is 0 Å². The van der Waals surface area contributed by atoms with Gasteiger partial charge < -0.3 is 9.64 Å². The fourth-order valence-corrected chi connectivity index (χ4v) is 2.36. The van der Waals surface area contributed by atoms with E-state index in [1.807, 2.05) is 7.05 Å². The molecule has 1 aliphatic carbocycles. The lowest BCUT2D eigenvalue weighted by molar-refractivity contribution is -0.385. The Morgan fingerprint density at radius 1 is 1.44 bits per heavy atom. The fourth-order valence-electron chi connectivity index (χ4n) is 2.36. The maximum absolute atomic E-state index is 11.0. The number of fused-ring (bicyclic) bond motifs is 1. The molecule has 5 nitrogen and oxygen atoms in total. The number of nitro groups is 1. The van der Waals surface area contributed by atoms with Crippen molar-refractivity contribution in [3.05, 3.63) is 33.4 Å². The van der Waals surface area contributed by atoms with Crippen molar-refractivity contribution < 1.29 is 9.66 Å². The quantitative estimate of drug-likeness (QED) is 0.607. The Labute approximate surface area is 106 Å². The zero-order chi connectivity index (χ0) is 12.7. The van der Waals surface area contributed by atoms with Crippen LogP contribution >= 0.6 is 0 Å².